The van der Waals surface area contributed by atoms with Gasteiger partial charge in [-0.15, -0.1) is 35.3 Å². The molecule has 1 aromatic carbocycles. The smallest absolute Gasteiger partial charge is 0.194 e. The molecule has 1 fully saturated rings. The van der Waals surface area contributed by atoms with Crippen LogP contribution in [0.15, 0.2) is 34.6 Å². The van der Waals surface area contributed by atoms with Crippen LogP contribution < -0.4 is 10.2 Å². The minimum atomic E-state index is 0. The van der Waals surface area contributed by atoms with Crippen LogP contribution in [-0.4, -0.2) is 68.1 Å². The van der Waals surface area contributed by atoms with Gasteiger partial charge in [-0.3, -0.25) is 9.89 Å². The highest BCUT2D eigenvalue weighted by atomic mass is 127. The molecule has 3 rings (SSSR count). The van der Waals surface area contributed by atoms with Crippen molar-refractivity contribution in [1.29, 1.82) is 0 Å². The van der Waals surface area contributed by atoms with Gasteiger partial charge < -0.3 is 15.1 Å². The first-order chi connectivity index (χ1) is 13.0. The number of anilines is 1. The molecule has 1 N–H and O–H groups in total. The van der Waals surface area contributed by atoms with Crippen LogP contribution in [0.4, 0.5) is 5.13 Å². The highest BCUT2D eigenvalue weighted by Crippen LogP contribution is 2.18. The van der Waals surface area contributed by atoms with E-state index in [0.717, 1.165) is 54.5 Å². The molecule has 0 spiro atoms. The van der Waals surface area contributed by atoms with Gasteiger partial charge in [-0.1, -0.05) is 23.7 Å². The number of guanidine groups is 1. The summed E-state index contributed by atoms with van der Waals surface area (Å²) in [6.45, 7) is 5.57. The normalized spacial score (nSPS) is 15.3. The fourth-order valence-electron chi connectivity index (χ4n) is 3.10. The monoisotopic (exact) mass is 534 g/mol. The molecule has 0 radical (unpaired) electrons. The van der Waals surface area contributed by atoms with E-state index in [1.54, 1.807) is 11.3 Å². The first-order valence-electron chi connectivity index (χ1n) is 9.09. The van der Waals surface area contributed by atoms with Gasteiger partial charge in [0.25, 0.3) is 0 Å². The molecule has 2 aromatic rings. The van der Waals surface area contributed by atoms with Crippen molar-refractivity contribution < 1.29 is 0 Å². The molecule has 9 heteroatoms. The van der Waals surface area contributed by atoms with Crippen molar-refractivity contribution in [3.63, 3.8) is 0 Å². The van der Waals surface area contributed by atoms with Gasteiger partial charge in [-0.05, 0) is 17.7 Å². The average Bonchev–Trinajstić information content (AvgIpc) is 3.13. The van der Waals surface area contributed by atoms with Gasteiger partial charge in [0.05, 0.1) is 12.2 Å². The first-order valence-corrected chi connectivity index (χ1v) is 10.3. The van der Waals surface area contributed by atoms with E-state index in [4.69, 9.17) is 11.6 Å². The second kappa shape index (κ2) is 11.2. The number of hydrogen-bond donors (Lipinski definition) is 1. The lowest BCUT2D eigenvalue weighted by molar-refractivity contribution is 0.172. The Balaban J connectivity index is 0.00000280. The lowest BCUT2D eigenvalue weighted by Crippen LogP contribution is -2.52. The van der Waals surface area contributed by atoms with Gasteiger partial charge in [-0.25, -0.2) is 4.98 Å². The second-order valence-electron chi connectivity index (χ2n) is 6.81. The van der Waals surface area contributed by atoms with Crippen molar-refractivity contribution in [3.05, 3.63) is 45.9 Å². The Kier molecular flexibility index (Phi) is 9.26. The van der Waals surface area contributed by atoms with E-state index in [0.29, 0.717) is 6.54 Å². The number of nitrogens with one attached hydrogen (secondary N) is 1. The van der Waals surface area contributed by atoms with E-state index >= 15 is 0 Å². The van der Waals surface area contributed by atoms with Gasteiger partial charge in [0.1, 0.15) is 0 Å². The molecule has 1 aliphatic rings. The first kappa shape index (κ1) is 23.2. The number of aliphatic imine (C=N–C) groups is 1. The maximum Gasteiger partial charge on any atom is 0.194 e. The molecule has 1 aromatic heterocycles. The summed E-state index contributed by atoms with van der Waals surface area (Å²) in [7, 11) is 5.86. The molecule has 0 aliphatic carbocycles. The zero-order valence-corrected chi connectivity index (χ0v) is 20.5. The summed E-state index contributed by atoms with van der Waals surface area (Å²) in [6, 6.07) is 8.11. The van der Waals surface area contributed by atoms with Crippen LogP contribution in [-0.2, 0) is 13.1 Å². The molecule has 154 valence electrons. The third kappa shape index (κ3) is 6.47. The van der Waals surface area contributed by atoms with E-state index in [9.17, 15) is 0 Å². The van der Waals surface area contributed by atoms with E-state index in [1.165, 1.54) is 5.56 Å². The molecule has 0 saturated carbocycles. The molecule has 28 heavy (non-hydrogen) atoms. The van der Waals surface area contributed by atoms with Gasteiger partial charge in [0.15, 0.2) is 11.1 Å². The van der Waals surface area contributed by atoms with Gasteiger partial charge in [-0.2, -0.15) is 0 Å². The second-order valence-corrected chi connectivity index (χ2v) is 8.08. The standard InChI is InChI=1S/C19H27ClN6S.HI/c1-21-18(22-12-17-14-27-19(23-17)24(2)3)26-9-7-25(8-10-26)13-15-5-4-6-16(20)11-15;/h4-6,11,14H,7-10,12-13H2,1-3H3,(H,21,22);1H. The molecular weight excluding hydrogens is 507 g/mol. The summed E-state index contributed by atoms with van der Waals surface area (Å²) in [6.07, 6.45) is 0. The summed E-state index contributed by atoms with van der Waals surface area (Å²) in [4.78, 5) is 15.9. The Morgan fingerprint density at radius 3 is 2.64 bits per heavy atom. The lowest BCUT2D eigenvalue weighted by atomic mass is 10.2. The molecule has 1 saturated heterocycles. The highest BCUT2D eigenvalue weighted by molar-refractivity contribution is 14.0. The summed E-state index contributed by atoms with van der Waals surface area (Å²) in [5, 5.41) is 7.37. The van der Waals surface area contributed by atoms with Crippen LogP contribution in [0.25, 0.3) is 0 Å². The van der Waals surface area contributed by atoms with Gasteiger partial charge in [0.2, 0.25) is 0 Å². The Labute approximate surface area is 193 Å². The predicted molar refractivity (Wildman–Crippen MR) is 130 cm³/mol. The fourth-order valence-corrected chi connectivity index (χ4v) is 4.07. The van der Waals surface area contributed by atoms with E-state index in [2.05, 4.69) is 36.5 Å². The summed E-state index contributed by atoms with van der Waals surface area (Å²) in [5.74, 6) is 0.941. The number of halogens is 2. The molecular formula is C19H28ClIN6S. The van der Waals surface area contributed by atoms with Crippen LogP contribution in [0, 0.1) is 0 Å². The number of hydrogen-bond acceptors (Lipinski definition) is 5. The van der Waals surface area contributed by atoms with Crippen molar-refractivity contribution in [2.45, 2.75) is 13.1 Å². The Morgan fingerprint density at radius 2 is 2.04 bits per heavy atom. The molecule has 6 nitrogen and oxygen atoms in total. The zero-order chi connectivity index (χ0) is 19.2. The number of piperazine rings is 1. The Morgan fingerprint density at radius 1 is 1.29 bits per heavy atom. The van der Waals surface area contributed by atoms with Crippen LogP contribution in [0.1, 0.15) is 11.3 Å². The zero-order valence-electron chi connectivity index (χ0n) is 16.6. The predicted octanol–water partition coefficient (Wildman–Crippen LogP) is 3.37. The average molecular weight is 535 g/mol. The van der Waals surface area contributed by atoms with Crippen molar-refractivity contribution in [1.82, 2.24) is 20.1 Å². The number of aromatic nitrogens is 1. The molecule has 0 unspecified atom stereocenters. The molecule has 0 bridgehead atoms. The molecule has 1 aliphatic heterocycles. The third-order valence-electron chi connectivity index (χ3n) is 4.53. The lowest BCUT2D eigenvalue weighted by Gasteiger charge is -2.36. The quantitative estimate of drug-likeness (QED) is 0.362. The van der Waals surface area contributed by atoms with E-state index < -0.39 is 0 Å². The number of thiazole rings is 1. The summed E-state index contributed by atoms with van der Waals surface area (Å²) >= 11 is 7.75. The summed E-state index contributed by atoms with van der Waals surface area (Å²) in [5.41, 5.74) is 2.31. The molecule has 2 heterocycles. The van der Waals surface area contributed by atoms with Crippen LogP contribution in [0.2, 0.25) is 5.02 Å². The maximum atomic E-state index is 6.09. The maximum absolute atomic E-state index is 6.09. The highest BCUT2D eigenvalue weighted by Gasteiger charge is 2.20. The van der Waals surface area contributed by atoms with Crippen molar-refractivity contribution in [3.8, 4) is 0 Å². The molecule has 0 atom stereocenters. The third-order valence-corrected chi connectivity index (χ3v) is 5.82. The minimum absolute atomic E-state index is 0. The Hall–Kier alpha value is -1.10. The molecule has 0 amide bonds. The van der Waals surface area contributed by atoms with Crippen LogP contribution in [0.3, 0.4) is 0 Å². The van der Waals surface area contributed by atoms with Crippen LogP contribution >= 0.6 is 46.9 Å². The van der Waals surface area contributed by atoms with Crippen LogP contribution in [0.5, 0.6) is 0 Å². The van der Waals surface area contributed by atoms with Crippen molar-refractivity contribution in [2.24, 2.45) is 4.99 Å². The number of benzene rings is 1. The fraction of sp³-hybridized carbons (Fsp3) is 0.474. The SMILES string of the molecule is CN=C(NCc1csc(N(C)C)n1)N1CCN(Cc2cccc(Cl)c2)CC1.I. The minimum Gasteiger partial charge on any atom is -0.354 e. The van der Waals surface area contributed by atoms with Crippen molar-refractivity contribution >= 4 is 58.0 Å². The topological polar surface area (TPSA) is 47.0 Å². The van der Waals surface area contributed by atoms with Gasteiger partial charge >= 0.3 is 0 Å². The van der Waals surface area contributed by atoms with Crippen molar-refractivity contribution in [2.75, 3.05) is 52.2 Å². The largest absolute Gasteiger partial charge is 0.354 e. The number of nitrogens with zero attached hydrogens (tertiary/aromatic N) is 5. The summed E-state index contributed by atoms with van der Waals surface area (Å²) < 4.78 is 0. The van der Waals surface area contributed by atoms with Gasteiger partial charge in [0, 0.05) is 64.3 Å². The van der Waals surface area contributed by atoms with E-state index in [-0.39, 0.29) is 24.0 Å². The van der Waals surface area contributed by atoms with E-state index in [1.807, 2.05) is 44.2 Å². The Bertz CT molecular complexity index is 773. The number of rotatable bonds is 5.